The first-order valence-corrected chi connectivity index (χ1v) is 4.67. The molecular weight excluding hydrogens is 129 g/mol. The largest absolute Gasteiger partial charge is 0.303 e. The molecule has 1 fully saturated rings. The fourth-order valence-corrected chi connectivity index (χ4v) is 1.50. The molecule has 9 heavy (non-hydrogen) atoms. The molecule has 0 aliphatic carbocycles. The van der Waals surface area contributed by atoms with Gasteiger partial charge in [-0.1, -0.05) is 0 Å². The van der Waals surface area contributed by atoms with Crippen LogP contribution in [0.15, 0.2) is 0 Å². The van der Waals surface area contributed by atoms with Gasteiger partial charge in [0.15, 0.2) is 0 Å². The Kier molecular flexibility index (Phi) is 3.54. The number of hydrogen-bond donors (Lipinski definition) is 0. The molecule has 1 unspecified atom stereocenters. The number of hydrogen-bond acceptors (Lipinski definition) is 1. The van der Waals surface area contributed by atoms with E-state index < -0.39 is 0 Å². The van der Waals surface area contributed by atoms with Crippen molar-refractivity contribution in [1.82, 2.24) is 4.90 Å². The number of rotatable bonds is 3. The van der Waals surface area contributed by atoms with Crippen molar-refractivity contribution in [1.29, 1.82) is 0 Å². The minimum atomic E-state index is 1.26. The van der Waals surface area contributed by atoms with Gasteiger partial charge in [0.1, 0.15) is 0 Å². The van der Waals surface area contributed by atoms with Crippen molar-refractivity contribution in [3.8, 4) is 0 Å². The predicted octanol–water partition coefficient (Wildman–Crippen LogP) is 1.35. The van der Waals surface area contributed by atoms with E-state index >= 15 is 0 Å². The monoisotopic (exact) mass is 145 g/mol. The molecule has 1 aliphatic rings. The molecule has 1 nitrogen and oxygen atoms in total. The number of likely N-dealkylation sites (tertiary alicyclic amines) is 1. The summed E-state index contributed by atoms with van der Waals surface area (Å²) in [7, 11) is 2.78. The topological polar surface area (TPSA) is 3.24 Å². The summed E-state index contributed by atoms with van der Waals surface area (Å²) in [5.41, 5.74) is 0. The lowest BCUT2D eigenvalue weighted by Gasteiger charge is -2.12. The normalized spacial score (nSPS) is 21.0. The third-order valence-electron chi connectivity index (χ3n) is 1.88. The van der Waals surface area contributed by atoms with Crippen molar-refractivity contribution in [2.24, 2.45) is 0 Å². The molecule has 1 rings (SSSR count). The Hall–Kier alpha value is 0.390. The van der Waals surface area contributed by atoms with Crippen LogP contribution in [0, 0.1) is 0 Å². The Morgan fingerprint density at radius 2 is 1.89 bits per heavy atom. The Morgan fingerprint density at radius 3 is 2.44 bits per heavy atom. The summed E-state index contributed by atoms with van der Waals surface area (Å²) >= 11 is 0. The highest BCUT2D eigenvalue weighted by molar-refractivity contribution is 7.16. The van der Waals surface area contributed by atoms with Gasteiger partial charge in [-0.05, 0) is 45.1 Å². The number of nitrogens with zero attached hydrogens (tertiary/aromatic N) is 1. The van der Waals surface area contributed by atoms with E-state index in [9.17, 15) is 0 Å². The van der Waals surface area contributed by atoms with Gasteiger partial charge in [0.25, 0.3) is 0 Å². The van der Waals surface area contributed by atoms with Gasteiger partial charge in [-0.2, -0.15) is 0 Å². The minimum absolute atomic E-state index is 1.26. The Bertz CT molecular complexity index is 69.3. The third kappa shape index (κ3) is 2.64. The van der Waals surface area contributed by atoms with Crippen LogP contribution in [0.25, 0.3) is 0 Å². The van der Waals surface area contributed by atoms with Crippen molar-refractivity contribution >= 4 is 9.24 Å². The van der Waals surface area contributed by atoms with Crippen molar-refractivity contribution in [2.45, 2.75) is 19.3 Å². The highest BCUT2D eigenvalue weighted by Crippen LogP contribution is 2.07. The lowest BCUT2D eigenvalue weighted by molar-refractivity contribution is 0.341. The van der Waals surface area contributed by atoms with Crippen molar-refractivity contribution in [2.75, 3.05) is 25.8 Å². The van der Waals surface area contributed by atoms with Gasteiger partial charge >= 0.3 is 0 Å². The van der Waals surface area contributed by atoms with E-state index in [4.69, 9.17) is 0 Å². The zero-order valence-electron chi connectivity index (χ0n) is 5.97. The first-order valence-electron chi connectivity index (χ1n) is 3.86. The van der Waals surface area contributed by atoms with E-state index in [1.807, 2.05) is 0 Å². The maximum Gasteiger partial charge on any atom is -0.00156 e. The van der Waals surface area contributed by atoms with Gasteiger partial charge < -0.3 is 4.90 Å². The Morgan fingerprint density at radius 1 is 1.22 bits per heavy atom. The van der Waals surface area contributed by atoms with Gasteiger partial charge in [0, 0.05) is 0 Å². The summed E-state index contributed by atoms with van der Waals surface area (Å²) in [6.07, 6.45) is 5.47. The van der Waals surface area contributed by atoms with E-state index in [0.717, 1.165) is 0 Å². The highest BCUT2D eigenvalue weighted by Gasteiger charge is 2.09. The van der Waals surface area contributed by atoms with Gasteiger partial charge in [0.05, 0.1) is 0 Å². The van der Waals surface area contributed by atoms with E-state index in [-0.39, 0.29) is 0 Å². The molecule has 1 heterocycles. The molecule has 0 spiro atoms. The molecule has 54 valence electrons. The fraction of sp³-hybridized carbons (Fsp3) is 1.00. The summed E-state index contributed by atoms with van der Waals surface area (Å²) in [6.45, 7) is 4.03. The van der Waals surface area contributed by atoms with Crippen molar-refractivity contribution < 1.29 is 0 Å². The SMILES string of the molecule is PCCCN1CCCC1. The summed E-state index contributed by atoms with van der Waals surface area (Å²) in [5.74, 6) is 0. The van der Waals surface area contributed by atoms with Gasteiger partial charge in [-0.15, -0.1) is 9.24 Å². The summed E-state index contributed by atoms with van der Waals surface area (Å²) in [5, 5.41) is 0. The second kappa shape index (κ2) is 4.24. The van der Waals surface area contributed by atoms with Crippen LogP contribution in [0.2, 0.25) is 0 Å². The van der Waals surface area contributed by atoms with E-state index in [1.54, 1.807) is 0 Å². The first-order chi connectivity index (χ1) is 4.43. The zero-order chi connectivity index (χ0) is 6.53. The van der Waals surface area contributed by atoms with Gasteiger partial charge in [0.2, 0.25) is 0 Å². The second-order valence-corrected chi connectivity index (χ2v) is 3.27. The first kappa shape index (κ1) is 7.50. The van der Waals surface area contributed by atoms with Gasteiger partial charge in [-0.3, -0.25) is 0 Å². The molecule has 0 bridgehead atoms. The van der Waals surface area contributed by atoms with Crippen LogP contribution in [0.5, 0.6) is 0 Å². The molecule has 0 radical (unpaired) electrons. The molecule has 0 aromatic carbocycles. The average Bonchev–Trinajstić information content (AvgIpc) is 2.34. The smallest absolute Gasteiger partial charge is 0.00156 e. The summed E-state index contributed by atoms with van der Waals surface area (Å²) in [4.78, 5) is 2.56. The molecule has 1 aliphatic heterocycles. The Balaban J connectivity index is 1.98. The minimum Gasteiger partial charge on any atom is -0.303 e. The van der Waals surface area contributed by atoms with Crippen LogP contribution in [0.3, 0.4) is 0 Å². The van der Waals surface area contributed by atoms with Gasteiger partial charge in [-0.25, -0.2) is 0 Å². The van der Waals surface area contributed by atoms with Crippen LogP contribution >= 0.6 is 9.24 Å². The maximum atomic E-state index is 2.78. The van der Waals surface area contributed by atoms with Crippen LogP contribution in [-0.4, -0.2) is 30.7 Å². The molecule has 0 saturated carbocycles. The molecule has 0 aromatic heterocycles. The molecule has 2 heteroatoms. The fourth-order valence-electron chi connectivity index (χ4n) is 1.32. The summed E-state index contributed by atoms with van der Waals surface area (Å²) < 4.78 is 0. The quantitative estimate of drug-likeness (QED) is 0.542. The van der Waals surface area contributed by atoms with E-state index in [2.05, 4.69) is 14.1 Å². The standard InChI is InChI=1S/C7H16NP/c9-7-3-6-8-4-1-2-5-8/h1-7,9H2. The third-order valence-corrected chi connectivity index (χ3v) is 2.29. The van der Waals surface area contributed by atoms with E-state index in [0.29, 0.717) is 0 Å². The van der Waals surface area contributed by atoms with Crippen LogP contribution < -0.4 is 0 Å². The maximum absolute atomic E-state index is 2.78. The average molecular weight is 145 g/mol. The molecule has 1 atom stereocenters. The molecular formula is C7H16NP. The molecule has 0 aromatic rings. The van der Waals surface area contributed by atoms with Crippen LogP contribution in [0.1, 0.15) is 19.3 Å². The zero-order valence-corrected chi connectivity index (χ0v) is 7.13. The summed E-state index contributed by atoms with van der Waals surface area (Å²) in [6, 6.07) is 0. The second-order valence-electron chi connectivity index (χ2n) is 2.69. The van der Waals surface area contributed by atoms with Crippen LogP contribution in [-0.2, 0) is 0 Å². The van der Waals surface area contributed by atoms with E-state index in [1.165, 1.54) is 45.1 Å². The molecule has 1 saturated heterocycles. The van der Waals surface area contributed by atoms with Crippen LogP contribution in [0.4, 0.5) is 0 Å². The Labute approximate surface area is 60.0 Å². The van der Waals surface area contributed by atoms with Crippen molar-refractivity contribution in [3.63, 3.8) is 0 Å². The predicted molar refractivity (Wildman–Crippen MR) is 44.9 cm³/mol. The molecule has 0 N–H and O–H groups in total. The van der Waals surface area contributed by atoms with Crippen molar-refractivity contribution in [3.05, 3.63) is 0 Å². The highest BCUT2D eigenvalue weighted by atomic mass is 31.0. The lowest BCUT2D eigenvalue weighted by Crippen LogP contribution is -2.20. The molecule has 0 amide bonds. The lowest BCUT2D eigenvalue weighted by atomic mass is 10.4.